The molecule has 0 saturated carbocycles. The zero-order chi connectivity index (χ0) is 21.2. The number of piperidine rings is 1. The minimum absolute atomic E-state index is 0.0102. The van der Waals surface area contributed by atoms with Crippen molar-refractivity contribution in [1.29, 1.82) is 0 Å². The average Bonchev–Trinajstić information content (AvgIpc) is 3.31. The molecular weight excluding hydrogens is 396 g/mol. The molecule has 0 unspecified atom stereocenters. The Labute approximate surface area is 177 Å². The van der Waals surface area contributed by atoms with Crippen LogP contribution in [0.3, 0.4) is 0 Å². The largest absolute Gasteiger partial charge is 0.356 e. The topological polar surface area (TPSA) is 117 Å². The smallest absolute Gasteiger partial charge is 0.253 e. The van der Waals surface area contributed by atoms with Crippen LogP contribution in [-0.2, 0) is 4.79 Å². The van der Waals surface area contributed by atoms with Gasteiger partial charge in [0.25, 0.3) is 5.91 Å². The first-order valence-electron chi connectivity index (χ1n) is 10.1. The third-order valence-electron chi connectivity index (χ3n) is 5.50. The van der Waals surface area contributed by atoms with Crippen LogP contribution in [0, 0.1) is 0 Å². The summed E-state index contributed by atoms with van der Waals surface area (Å²) in [7, 11) is 0. The second kappa shape index (κ2) is 7.98. The number of likely N-dealkylation sites (tertiary alicyclic amines) is 1. The molecule has 0 bridgehead atoms. The molecule has 0 spiro atoms. The minimum Gasteiger partial charge on any atom is -0.356 e. The zero-order valence-corrected chi connectivity index (χ0v) is 16.6. The van der Waals surface area contributed by atoms with Crippen LogP contribution in [0.25, 0.3) is 16.7 Å². The second-order valence-electron chi connectivity index (χ2n) is 7.42. The van der Waals surface area contributed by atoms with Gasteiger partial charge in [-0.05, 0) is 59.7 Å². The zero-order valence-electron chi connectivity index (χ0n) is 16.6. The predicted octanol–water partition coefficient (Wildman–Crippen LogP) is 1.77. The lowest BCUT2D eigenvalue weighted by molar-refractivity contribution is -0.110. The lowest BCUT2D eigenvalue weighted by Crippen LogP contribution is -2.44. The molecule has 1 aliphatic rings. The molecule has 10 heteroatoms. The van der Waals surface area contributed by atoms with E-state index in [-0.39, 0.29) is 11.9 Å². The van der Waals surface area contributed by atoms with Gasteiger partial charge in [-0.3, -0.25) is 9.59 Å². The van der Waals surface area contributed by atoms with Gasteiger partial charge in [0.15, 0.2) is 5.82 Å². The van der Waals surface area contributed by atoms with Crippen molar-refractivity contribution in [2.75, 3.05) is 18.4 Å². The van der Waals surface area contributed by atoms with Gasteiger partial charge in [-0.2, -0.15) is 4.52 Å². The maximum Gasteiger partial charge on any atom is 0.253 e. The Hall–Kier alpha value is -4.08. The lowest BCUT2D eigenvalue weighted by Gasteiger charge is -2.31. The van der Waals surface area contributed by atoms with Gasteiger partial charge in [-0.1, -0.05) is 12.1 Å². The Morgan fingerprint density at radius 2 is 1.84 bits per heavy atom. The molecular formula is C21H20N8O2. The van der Waals surface area contributed by atoms with E-state index in [1.807, 2.05) is 41.3 Å². The second-order valence-corrected chi connectivity index (χ2v) is 7.42. The quantitative estimate of drug-likeness (QED) is 0.476. The molecule has 1 aliphatic heterocycles. The summed E-state index contributed by atoms with van der Waals surface area (Å²) < 4.78 is 1.64. The van der Waals surface area contributed by atoms with Crippen LogP contribution in [0.5, 0.6) is 0 Å². The van der Waals surface area contributed by atoms with Gasteiger partial charge < -0.3 is 15.5 Å². The third-order valence-corrected chi connectivity index (χ3v) is 5.50. The minimum atomic E-state index is -0.0102. The van der Waals surface area contributed by atoms with E-state index in [0.717, 1.165) is 36.0 Å². The molecule has 1 fully saturated rings. The van der Waals surface area contributed by atoms with Crippen molar-refractivity contribution >= 4 is 40.5 Å². The van der Waals surface area contributed by atoms with Gasteiger partial charge in [-0.15, -0.1) is 5.10 Å². The lowest BCUT2D eigenvalue weighted by atomic mass is 10.0. The maximum absolute atomic E-state index is 12.8. The Kier molecular flexibility index (Phi) is 4.87. The van der Waals surface area contributed by atoms with E-state index in [9.17, 15) is 9.59 Å². The normalized spacial score (nSPS) is 14.6. The van der Waals surface area contributed by atoms with E-state index in [4.69, 9.17) is 0 Å². The first kappa shape index (κ1) is 18.9. The predicted molar refractivity (Wildman–Crippen MR) is 114 cm³/mol. The highest BCUT2D eigenvalue weighted by molar-refractivity contribution is 5.95. The van der Waals surface area contributed by atoms with E-state index < -0.39 is 0 Å². The number of carbonyl (C=O) groups excluding carboxylic acids is 2. The fraction of sp³-hybridized carbons (Fsp3) is 0.238. The van der Waals surface area contributed by atoms with E-state index in [2.05, 4.69) is 31.1 Å². The fourth-order valence-corrected chi connectivity index (χ4v) is 3.85. The molecule has 0 radical (unpaired) electrons. The number of nitrogens with zero attached hydrogens (tertiary/aromatic N) is 6. The van der Waals surface area contributed by atoms with Gasteiger partial charge in [-0.25, -0.2) is 4.98 Å². The number of para-hydroxylation sites is 2. The van der Waals surface area contributed by atoms with Gasteiger partial charge >= 0.3 is 0 Å². The number of aromatic nitrogens is 5. The van der Waals surface area contributed by atoms with Crippen LogP contribution in [-0.4, -0.2) is 61.4 Å². The summed E-state index contributed by atoms with van der Waals surface area (Å²) in [4.78, 5) is 29.8. The SMILES string of the molecule is O=CNC1CCN(C(=O)c2ccc(Nc3nc4ccccc4n4nnnc34)cc2)CC1. The Morgan fingerprint density at radius 3 is 2.61 bits per heavy atom. The number of tetrazole rings is 1. The van der Waals surface area contributed by atoms with Gasteiger partial charge in [0, 0.05) is 30.4 Å². The molecule has 4 aromatic rings. The summed E-state index contributed by atoms with van der Waals surface area (Å²) in [5.41, 5.74) is 3.50. The molecule has 156 valence electrons. The van der Waals surface area contributed by atoms with Crippen molar-refractivity contribution in [3.63, 3.8) is 0 Å². The van der Waals surface area contributed by atoms with Gasteiger partial charge in [0.1, 0.15) is 0 Å². The summed E-state index contributed by atoms with van der Waals surface area (Å²) in [5, 5.41) is 17.9. The number of nitrogens with one attached hydrogen (secondary N) is 2. The first-order valence-corrected chi connectivity index (χ1v) is 10.1. The third kappa shape index (κ3) is 3.63. The molecule has 3 heterocycles. The number of carbonyl (C=O) groups is 2. The van der Waals surface area contributed by atoms with Crippen molar-refractivity contribution in [3.8, 4) is 0 Å². The highest BCUT2D eigenvalue weighted by Gasteiger charge is 2.23. The van der Waals surface area contributed by atoms with Crippen LogP contribution in [0.2, 0.25) is 0 Å². The highest BCUT2D eigenvalue weighted by atomic mass is 16.2. The van der Waals surface area contributed by atoms with Gasteiger partial charge in [0.05, 0.1) is 11.0 Å². The van der Waals surface area contributed by atoms with E-state index in [0.29, 0.717) is 30.1 Å². The van der Waals surface area contributed by atoms with Crippen LogP contribution in [0.15, 0.2) is 48.5 Å². The molecule has 31 heavy (non-hydrogen) atoms. The van der Waals surface area contributed by atoms with Crippen molar-refractivity contribution in [2.24, 2.45) is 0 Å². The van der Waals surface area contributed by atoms with Crippen LogP contribution < -0.4 is 10.6 Å². The molecule has 5 rings (SSSR count). The standard InChI is InChI=1S/C21H20N8O2/c30-13-22-15-9-11-28(12-10-15)21(31)14-5-7-16(8-6-14)23-19-20-25-26-27-29(20)18-4-2-1-3-17(18)24-19/h1-8,13,15H,9-12H2,(H,22,30)(H,23,24). The summed E-state index contributed by atoms with van der Waals surface area (Å²) in [6.45, 7) is 1.26. The summed E-state index contributed by atoms with van der Waals surface area (Å²) in [5.74, 6) is 0.525. The molecule has 0 aliphatic carbocycles. The summed E-state index contributed by atoms with van der Waals surface area (Å²) in [6, 6.07) is 15.0. The average molecular weight is 416 g/mol. The summed E-state index contributed by atoms with van der Waals surface area (Å²) >= 11 is 0. The molecule has 2 aromatic carbocycles. The number of benzene rings is 2. The first-order chi connectivity index (χ1) is 15.2. The fourth-order valence-electron chi connectivity index (χ4n) is 3.85. The number of fused-ring (bicyclic) bond motifs is 3. The number of hydrogen-bond acceptors (Lipinski definition) is 7. The summed E-state index contributed by atoms with van der Waals surface area (Å²) in [6.07, 6.45) is 2.25. The number of amides is 2. The molecule has 0 atom stereocenters. The molecule has 2 N–H and O–H groups in total. The molecule has 1 saturated heterocycles. The van der Waals surface area contributed by atoms with Crippen LogP contribution in [0.4, 0.5) is 11.5 Å². The molecule has 10 nitrogen and oxygen atoms in total. The van der Waals surface area contributed by atoms with Crippen molar-refractivity contribution in [2.45, 2.75) is 18.9 Å². The van der Waals surface area contributed by atoms with Gasteiger partial charge in [0.2, 0.25) is 12.1 Å². The van der Waals surface area contributed by atoms with Crippen LogP contribution in [0.1, 0.15) is 23.2 Å². The van der Waals surface area contributed by atoms with E-state index in [1.165, 1.54) is 0 Å². The molecule has 2 aromatic heterocycles. The highest BCUT2D eigenvalue weighted by Crippen LogP contribution is 2.23. The van der Waals surface area contributed by atoms with Crippen molar-refractivity contribution in [1.82, 2.24) is 35.2 Å². The van der Waals surface area contributed by atoms with E-state index in [1.54, 1.807) is 16.6 Å². The Morgan fingerprint density at radius 1 is 1.06 bits per heavy atom. The van der Waals surface area contributed by atoms with Crippen molar-refractivity contribution in [3.05, 3.63) is 54.1 Å². The maximum atomic E-state index is 12.8. The van der Waals surface area contributed by atoms with E-state index >= 15 is 0 Å². The molecule has 2 amide bonds. The number of hydrogen-bond donors (Lipinski definition) is 2. The van der Waals surface area contributed by atoms with Crippen molar-refractivity contribution < 1.29 is 9.59 Å². The Balaban J connectivity index is 1.33. The number of rotatable bonds is 5. The monoisotopic (exact) mass is 416 g/mol. The Bertz CT molecular complexity index is 1250. The number of anilines is 2. The van der Waals surface area contributed by atoms with Crippen LogP contribution >= 0.6 is 0 Å².